The second-order valence-electron chi connectivity index (χ2n) is 13.0. The Bertz CT molecular complexity index is 1830. The maximum atomic E-state index is 14.3. The van der Waals surface area contributed by atoms with Crippen LogP contribution in [0.5, 0.6) is 0 Å². The zero-order valence-corrected chi connectivity index (χ0v) is 29.7. The summed E-state index contributed by atoms with van der Waals surface area (Å²) in [4.78, 5) is 81.3. The highest BCUT2D eigenvalue weighted by Crippen LogP contribution is 2.33. The van der Waals surface area contributed by atoms with Gasteiger partial charge in [0, 0.05) is 44.3 Å². The highest BCUT2D eigenvalue weighted by atomic mass is 32.3. The predicted octanol–water partition coefficient (Wildman–Crippen LogP) is -5.63. The Labute approximate surface area is 306 Å². The topological polar surface area (TPSA) is 340 Å². The van der Waals surface area contributed by atoms with Gasteiger partial charge in [-0.05, 0) is 19.1 Å². The minimum absolute atomic E-state index is 0.0840. The Balaban J connectivity index is 1.44. The maximum Gasteiger partial charge on any atom is 0.254 e. The van der Waals surface area contributed by atoms with Gasteiger partial charge in [0.05, 0.1) is 25.3 Å². The minimum atomic E-state index is -5.31. The van der Waals surface area contributed by atoms with Crippen molar-refractivity contribution in [2.24, 2.45) is 5.73 Å². The minimum Gasteiger partial charge on any atom is -0.726 e. The zero-order chi connectivity index (χ0) is 39.7. The molecule has 2 N–H and O–H groups in total. The third-order valence-electron chi connectivity index (χ3n) is 9.50. The number of nitrogens with zero attached hydrogens (tertiary/aromatic N) is 4. The van der Waals surface area contributed by atoms with Crippen molar-refractivity contribution in [3.05, 3.63) is 35.4 Å². The fourth-order valence-corrected chi connectivity index (χ4v) is 8.22. The van der Waals surface area contributed by atoms with E-state index >= 15 is 0 Å². The molecule has 0 aromatic heterocycles. The van der Waals surface area contributed by atoms with E-state index in [1.165, 1.54) is 12.1 Å². The van der Waals surface area contributed by atoms with Crippen LogP contribution in [0.25, 0.3) is 0 Å². The number of carbonyl (C=O) groups excluding carboxylic acids is 5. The maximum absolute atomic E-state index is 14.3. The monoisotopic (exact) mass is 807 g/mol. The molecule has 4 saturated heterocycles. The molecule has 4 aliphatic heterocycles. The van der Waals surface area contributed by atoms with E-state index in [2.05, 4.69) is 23.3 Å². The summed E-state index contributed by atoms with van der Waals surface area (Å²) in [6.45, 7) is -0.451. The molecule has 5 amide bonds. The Morgan fingerprint density at radius 2 is 0.963 bits per heavy atom. The summed E-state index contributed by atoms with van der Waals surface area (Å²) in [6.07, 6.45) is -7.38. The number of aryl methyl sites for hydroxylation is 1. The molecular formula is C28H33N5O19S2-4. The fraction of sp³-hybridized carbons (Fsp3) is 0.607. The molecule has 26 heteroatoms. The van der Waals surface area contributed by atoms with Crippen LogP contribution in [0.3, 0.4) is 0 Å². The van der Waals surface area contributed by atoms with Crippen molar-refractivity contribution in [2.75, 3.05) is 26.2 Å². The second-order valence-corrected chi connectivity index (χ2v) is 15.0. The number of hydrogen-bond donors (Lipinski definition) is 1. The van der Waals surface area contributed by atoms with E-state index in [1.807, 2.05) is 0 Å². The van der Waals surface area contributed by atoms with E-state index in [4.69, 9.17) is 10.6 Å². The first-order valence-corrected chi connectivity index (χ1v) is 18.7. The lowest BCUT2D eigenvalue weighted by molar-refractivity contribution is -0.804. The number of rotatable bonds is 13. The molecule has 54 heavy (non-hydrogen) atoms. The summed E-state index contributed by atoms with van der Waals surface area (Å²) in [6, 6.07) is -0.114. The van der Waals surface area contributed by atoms with Crippen LogP contribution in [-0.2, 0) is 68.2 Å². The van der Waals surface area contributed by atoms with E-state index < -0.39 is 151 Å². The molecule has 300 valence electrons. The molecule has 0 bridgehead atoms. The van der Waals surface area contributed by atoms with Crippen molar-refractivity contribution in [1.82, 2.24) is 19.6 Å². The van der Waals surface area contributed by atoms with Gasteiger partial charge in [-0.1, -0.05) is 17.7 Å². The molecule has 5 rings (SSSR count). The summed E-state index contributed by atoms with van der Waals surface area (Å²) in [7, 11) is -10.6. The van der Waals surface area contributed by atoms with E-state index in [1.54, 1.807) is 19.1 Å². The van der Waals surface area contributed by atoms with Crippen LogP contribution in [-0.4, -0.2) is 150 Å². The SMILES string of the molecule is Cc1ccc(C(=O)N2C[C@@H](OS(=O)(=O)[O-])C[C@@H]2C(=O)N2C[C@@H](OO[O-])C[C@@H]2C(=O)N2C[C@@H](OO[O-])C[C@@H]2C(=O)N2C[C@@H](OS(=O)(=O)[O-])C[C@@H]2C(N)=O)cc1. The number of likely N-dealkylation sites (tertiary alicyclic amines) is 4. The van der Waals surface area contributed by atoms with Crippen molar-refractivity contribution >= 4 is 50.3 Å². The smallest absolute Gasteiger partial charge is 0.254 e. The summed E-state index contributed by atoms with van der Waals surface area (Å²) in [5.41, 5.74) is 6.30. The molecule has 1 aromatic rings. The molecule has 0 saturated carbocycles. The standard InChI is InChI=1S/C28H37N5O19S2/c1-14-2-4-15(5-3-14)25(35)31-13-19(50-54(44,45)46)9-23(31)28(38)33-11-17(48-52-40)7-22(33)27(37)32-10-16(47-51-39)6-21(32)26(36)30-12-18(49-53(41,42)43)8-20(30)24(29)34/h2-5,16-23,39-40H,6-13H2,1H3,(H2,29,34)(H,41,42,43)(H,44,45,46)/p-4/t16-,17-,18-,19-,20+,21+,22+,23+/m0/s1. The van der Waals surface area contributed by atoms with Crippen LogP contribution < -0.4 is 16.2 Å². The number of hydrogen-bond acceptors (Lipinski definition) is 19. The molecule has 0 unspecified atom stereocenters. The van der Waals surface area contributed by atoms with Crippen LogP contribution in [0, 0.1) is 6.92 Å². The first kappa shape index (κ1) is 41.2. The molecule has 4 heterocycles. The van der Waals surface area contributed by atoms with Gasteiger partial charge in [0.25, 0.3) is 5.91 Å². The second kappa shape index (κ2) is 16.4. The molecule has 24 nitrogen and oxygen atoms in total. The fourth-order valence-electron chi connectivity index (χ4n) is 7.28. The highest BCUT2D eigenvalue weighted by molar-refractivity contribution is 7.81. The first-order valence-electron chi connectivity index (χ1n) is 16.1. The van der Waals surface area contributed by atoms with E-state index in [0.29, 0.717) is 0 Å². The van der Waals surface area contributed by atoms with Gasteiger partial charge in [-0.2, -0.15) is 0 Å². The molecular weight excluding hydrogens is 774 g/mol. The lowest BCUT2D eigenvalue weighted by Crippen LogP contribution is -2.57. The van der Waals surface area contributed by atoms with Crippen molar-refractivity contribution in [1.29, 1.82) is 0 Å². The largest absolute Gasteiger partial charge is 0.726 e. The summed E-state index contributed by atoms with van der Waals surface area (Å²) in [5, 5.41) is 28.9. The number of nitrogens with two attached hydrogens (primary N) is 1. The number of primary amides is 1. The van der Waals surface area contributed by atoms with E-state index in [-0.39, 0.29) is 5.56 Å². The molecule has 0 radical (unpaired) electrons. The van der Waals surface area contributed by atoms with Gasteiger partial charge in [-0.15, -0.1) is 0 Å². The van der Waals surface area contributed by atoms with Crippen molar-refractivity contribution < 1.29 is 88.6 Å². The Morgan fingerprint density at radius 1 is 0.611 bits per heavy atom. The van der Waals surface area contributed by atoms with E-state index in [9.17, 15) is 60.4 Å². The number of carbonyl (C=O) groups is 5. The van der Waals surface area contributed by atoms with Gasteiger partial charge in [-0.25, -0.2) is 26.6 Å². The van der Waals surface area contributed by atoms with Crippen LogP contribution in [0.2, 0.25) is 0 Å². The molecule has 8 atom stereocenters. The van der Waals surface area contributed by atoms with Crippen molar-refractivity contribution in [3.63, 3.8) is 0 Å². The normalized spacial score (nSPS) is 28.9. The van der Waals surface area contributed by atoms with Gasteiger partial charge in [0.15, 0.2) is 0 Å². The molecule has 4 fully saturated rings. The van der Waals surface area contributed by atoms with E-state index in [0.717, 1.165) is 25.2 Å². The van der Waals surface area contributed by atoms with Crippen LogP contribution in [0.15, 0.2) is 24.3 Å². The highest BCUT2D eigenvalue weighted by Gasteiger charge is 2.53. The summed E-state index contributed by atoms with van der Waals surface area (Å²) in [5.74, 6) is -4.88. The Kier molecular flexibility index (Phi) is 12.5. The van der Waals surface area contributed by atoms with Gasteiger partial charge >= 0.3 is 0 Å². The summed E-state index contributed by atoms with van der Waals surface area (Å²) < 4.78 is 77.1. The predicted molar refractivity (Wildman–Crippen MR) is 161 cm³/mol. The van der Waals surface area contributed by atoms with Crippen molar-refractivity contribution in [2.45, 2.75) is 81.2 Å². The first-order chi connectivity index (χ1) is 25.3. The van der Waals surface area contributed by atoms with Crippen LogP contribution >= 0.6 is 0 Å². The lowest BCUT2D eigenvalue weighted by Gasteiger charge is -2.35. The quantitative estimate of drug-likeness (QED) is 0.0840. The van der Waals surface area contributed by atoms with Crippen molar-refractivity contribution in [3.8, 4) is 0 Å². The van der Waals surface area contributed by atoms with Crippen LogP contribution in [0.4, 0.5) is 0 Å². The molecule has 0 spiro atoms. The Morgan fingerprint density at radius 3 is 1.37 bits per heavy atom. The molecule has 0 aliphatic carbocycles. The number of benzene rings is 1. The third kappa shape index (κ3) is 9.47. The van der Waals surface area contributed by atoms with Gasteiger partial charge < -0.3 is 45.0 Å². The molecule has 1 aromatic carbocycles. The Hall–Kier alpha value is -3.93. The van der Waals surface area contributed by atoms with Gasteiger partial charge in [0.2, 0.25) is 44.4 Å². The third-order valence-corrected chi connectivity index (χ3v) is 10.5. The van der Waals surface area contributed by atoms with Crippen LogP contribution in [0.1, 0.15) is 41.6 Å². The lowest BCUT2D eigenvalue weighted by atomic mass is 10.1. The average molecular weight is 808 g/mol. The molecule has 4 aliphatic rings. The van der Waals surface area contributed by atoms with Gasteiger partial charge in [0.1, 0.15) is 36.4 Å². The number of amides is 5. The average Bonchev–Trinajstić information content (AvgIpc) is 3.88. The summed E-state index contributed by atoms with van der Waals surface area (Å²) >= 11 is 0. The zero-order valence-electron chi connectivity index (χ0n) is 28.0. The van der Waals surface area contributed by atoms with Gasteiger partial charge in [-0.3, -0.25) is 42.4 Å².